The zero-order chi connectivity index (χ0) is 13.0. The molecule has 0 saturated heterocycles. The Morgan fingerprint density at radius 1 is 1.44 bits per heavy atom. The summed E-state index contributed by atoms with van der Waals surface area (Å²) in [4.78, 5) is 0. The van der Waals surface area contributed by atoms with Gasteiger partial charge in [-0.05, 0) is 49.4 Å². The molecule has 3 heteroatoms. The van der Waals surface area contributed by atoms with Crippen molar-refractivity contribution in [3.05, 3.63) is 34.1 Å². The highest BCUT2D eigenvalue weighted by atomic mass is 79.9. The fourth-order valence-electron chi connectivity index (χ4n) is 2.30. The summed E-state index contributed by atoms with van der Waals surface area (Å²) in [6.07, 6.45) is 6.16. The van der Waals surface area contributed by atoms with Crippen molar-refractivity contribution in [2.75, 3.05) is 6.54 Å². The van der Waals surface area contributed by atoms with Crippen LogP contribution in [0.5, 0.6) is 0 Å². The van der Waals surface area contributed by atoms with Crippen LogP contribution in [0.25, 0.3) is 0 Å². The van der Waals surface area contributed by atoms with Crippen molar-refractivity contribution in [1.82, 2.24) is 5.32 Å². The lowest BCUT2D eigenvalue weighted by Crippen LogP contribution is -2.32. The van der Waals surface area contributed by atoms with Gasteiger partial charge in [0.05, 0.1) is 0 Å². The highest BCUT2D eigenvalue weighted by Gasteiger charge is 2.25. The van der Waals surface area contributed by atoms with E-state index in [2.05, 4.69) is 28.2 Å². The number of nitrogens with one attached hydrogen (secondary N) is 1. The molecule has 1 fully saturated rings. The smallest absolute Gasteiger partial charge is 0.124 e. The average Bonchev–Trinajstić information content (AvgIpc) is 3.13. The van der Waals surface area contributed by atoms with Crippen LogP contribution in [0, 0.1) is 11.7 Å². The molecule has 1 nitrogen and oxygen atoms in total. The number of benzene rings is 1. The Kier molecular flexibility index (Phi) is 5.19. The van der Waals surface area contributed by atoms with E-state index in [1.54, 1.807) is 12.1 Å². The molecule has 1 aliphatic carbocycles. The number of rotatable bonds is 7. The number of hydrogen-bond donors (Lipinski definition) is 1. The quantitative estimate of drug-likeness (QED) is 0.791. The Hall–Kier alpha value is -0.410. The van der Waals surface area contributed by atoms with Gasteiger partial charge in [0.1, 0.15) is 5.82 Å². The summed E-state index contributed by atoms with van der Waals surface area (Å²) in [7, 11) is 0. The molecule has 1 aromatic rings. The number of hydrogen-bond acceptors (Lipinski definition) is 1. The van der Waals surface area contributed by atoms with Crippen LogP contribution < -0.4 is 5.32 Å². The minimum Gasteiger partial charge on any atom is -0.314 e. The van der Waals surface area contributed by atoms with Crippen molar-refractivity contribution in [2.45, 2.75) is 45.1 Å². The summed E-state index contributed by atoms with van der Waals surface area (Å²) in [6.45, 7) is 3.26. The molecule has 2 rings (SSSR count). The Balaban J connectivity index is 1.96. The molecular weight excluding hydrogens is 293 g/mol. The molecule has 1 atom stereocenters. The predicted molar refractivity (Wildman–Crippen MR) is 77.2 cm³/mol. The highest BCUT2D eigenvalue weighted by Crippen LogP contribution is 2.34. The molecule has 0 heterocycles. The first kappa shape index (κ1) is 14.0. The van der Waals surface area contributed by atoms with Gasteiger partial charge in [0.2, 0.25) is 0 Å². The maximum absolute atomic E-state index is 13.1. The van der Waals surface area contributed by atoms with Gasteiger partial charge in [-0.3, -0.25) is 0 Å². The fraction of sp³-hybridized carbons (Fsp3) is 0.600. The van der Waals surface area contributed by atoms with Gasteiger partial charge in [-0.1, -0.05) is 41.8 Å². The third kappa shape index (κ3) is 4.36. The molecule has 1 aliphatic rings. The summed E-state index contributed by atoms with van der Waals surface area (Å²) in [5, 5.41) is 3.62. The minimum atomic E-state index is -0.175. The highest BCUT2D eigenvalue weighted by molar-refractivity contribution is 9.10. The SMILES string of the molecule is CCCNC(Cc1ccc(F)cc1Br)CC1CC1. The minimum absolute atomic E-state index is 0.175. The van der Waals surface area contributed by atoms with E-state index in [1.165, 1.54) is 24.8 Å². The lowest BCUT2D eigenvalue weighted by atomic mass is 10.0. The summed E-state index contributed by atoms with van der Waals surface area (Å²) in [5.41, 5.74) is 1.20. The van der Waals surface area contributed by atoms with Crippen LogP contribution in [0.4, 0.5) is 4.39 Å². The Morgan fingerprint density at radius 3 is 2.83 bits per heavy atom. The van der Waals surface area contributed by atoms with Gasteiger partial charge in [-0.25, -0.2) is 4.39 Å². The van der Waals surface area contributed by atoms with Crippen LogP contribution in [-0.4, -0.2) is 12.6 Å². The monoisotopic (exact) mass is 313 g/mol. The Morgan fingerprint density at radius 2 is 2.22 bits per heavy atom. The normalized spacial score (nSPS) is 16.8. The zero-order valence-electron chi connectivity index (χ0n) is 10.9. The summed E-state index contributed by atoms with van der Waals surface area (Å²) in [5.74, 6) is 0.740. The molecule has 0 amide bonds. The van der Waals surface area contributed by atoms with E-state index in [4.69, 9.17) is 0 Å². The van der Waals surface area contributed by atoms with E-state index in [-0.39, 0.29) is 5.82 Å². The summed E-state index contributed by atoms with van der Waals surface area (Å²) < 4.78 is 14.0. The van der Waals surface area contributed by atoms with Crippen LogP contribution in [0.1, 0.15) is 38.2 Å². The summed E-state index contributed by atoms with van der Waals surface area (Å²) >= 11 is 3.46. The molecule has 18 heavy (non-hydrogen) atoms. The molecule has 0 bridgehead atoms. The third-order valence-electron chi connectivity index (χ3n) is 3.48. The first-order valence-corrected chi connectivity index (χ1v) is 7.65. The third-order valence-corrected chi connectivity index (χ3v) is 4.22. The van der Waals surface area contributed by atoms with Crippen molar-refractivity contribution in [3.8, 4) is 0 Å². The zero-order valence-corrected chi connectivity index (χ0v) is 12.5. The predicted octanol–water partition coefficient (Wildman–Crippen LogP) is 4.30. The van der Waals surface area contributed by atoms with Crippen LogP contribution in [0.2, 0.25) is 0 Å². The van der Waals surface area contributed by atoms with Gasteiger partial charge in [0.15, 0.2) is 0 Å². The van der Waals surface area contributed by atoms with E-state index < -0.39 is 0 Å². The molecule has 0 spiro atoms. The van der Waals surface area contributed by atoms with Gasteiger partial charge in [0, 0.05) is 10.5 Å². The lowest BCUT2D eigenvalue weighted by molar-refractivity contribution is 0.454. The van der Waals surface area contributed by atoms with E-state index in [0.717, 1.165) is 29.8 Å². The van der Waals surface area contributed by atoms with Gasteiger partial charge >= 0.3 is 0 Å². The van der Waals surface area contributed by atoms with Crippen LogP contribution in [-0.2, 0) is 6.42 Å². The van der Waals surface area contributed by atoms with Crippen molar-refractivity contribution in [3.63, 3.8) is 0 Å². The lowest BCUT2D eigenvalue weighted by Gasteiger charge is -2.19. The molecule has 1 aromatic carbocycles. The standard InChI is InChI=1S/C15H21BrFN/c1-2-7-18-14(8-11-3-4-11)9-12-5-6-13(17)10-15(12)16/h5-6,10-11,14,18H,2-4,7-9H2,1H3. The molecule has 0 aliphatic heterocycles. The van der Waals surface area contributed by atoms with Gasteiger partial charge in [-0.2, -0.15) is 0 Å². The second-order valence-corrected chi connectivity index (χ2v) is 6.12. The van der Waals surface area contributed by atoms with Crippen LogP contribution >= 0.6 is 15.9 Å². The molecule has 0 radical (unpaired) electrons. The van der Waals surface area contributed by atoms with Gasteiger partial charge < -0.3 is 5.32 Å². The first-order chi connectivity index (χ1) is 8.69. The Bertz CT molecular complexity index is 390. The molecule has 1 N–H and O–H groups in total. The topological polar surface area (TPSA) is 12.0 Å². The van der Waals surface area contributed by atoms with Crippen molar-refractivity contribution >= 4 is 15.9 Å². The van der Waals surface area contributed by atoms with E-state index in [9.17, 15) is 4.39 Å². The fourth-order valence-corrected chi connectivity index (χ4v) is 2.81. The Labute approximate surface area is 117 Å². The average molecular weight is 314 g/mol. The maximum atomic E-state index is 13.1. The van der Waals surface area contributed by atoms with Crippen molar-refractivity contribution in [2.24, 2.45) is 5.92 Å². The van der Waals surface area contributed by atoms with Gasteiger partial charge in [0.25, 0.3) is 0 Å². The summed E-state index contributed by atoms with van der Waals surface area (Å²) in [6, 6.07) is 5.53. The van der Waals surface area contributed by atoms with Crippen molar-refractivity contribution in [1.29, 1.82) is 0 Å². The molecule has 1 unspecified atom stereocenters. The van der Waals surface area contributed by atoms with Gasteiger partial charge in [-0.15, -0.1) is 0 Å². The van der Waals surface area contributed by atoms with E-state index >= 15 is 0 Å². The molecule has 0 aromatic heterocycles. The van der Waals surface area contributed by atoms with Crippen LogP contribution in [0.15, 0.2) is 22.7 Å². The second kappa shape index (κ2) is 6.67. The second-order valence-electron chi connectivity index (χ2n) is 5.27. The molecule has 1 saturated carbocycles. The number of halogens is 2. The molecule has 100 valence electrons. The van der Waals surface area contributed by atoms with E-state index in [1.807, 2.05) is 6.07 Å². The molecular formula is C15H21BrFN. The largest absolute Gasteiger partial charge is 0.314 e. The van der Waals surface area contributed by atoms with Crippen LogP contribution in [0.3, 0.4) is 0 Å². The van der Waals surface area contributed by atoms with E-state index in [0.29, 0.717) is 6.04 Å². The maximum Gasteiger partial charge on any atom is 0.124 e. The van der Waals surface area contributed by atoms with Crippen molar-refractivity contribution < 1.29 is 4.39 Å². The first-order valence-electron chi connectivity index (χ1n) is 6.86.